The van der Waals surface area contributed by atoms with Gasteiger partial charge in [0.15, 0.2) is 0 Å². The number of rotatable bonds is 7. The molecule has 2 atom stereocenters. The number of hydrogen-bond donors (Lipinski definition) is 1. The average Bonchev–Trinajstić information content (AvgIpc) is 2.53. The monoisotopic (exact) mass is 388 g/mol. The van der Waals surface area contributed by atoms with Crippen LogP contribution >= 0.6 is 0 Å². The van der Waals surface area contributed by atoms with Crippen LogP contribution in [0.2, 0.25) is 0 Å². The van der Waals surface area contributed by atoms with Gasteiger partial charge in [0.05, 0.1) is 19.9 Å². The third-order valence-electron chi connectivity index (χ3n) is 4.06. The number of benzene rings is 1. The topological polar surface area (TPSA) is 47.7 Å². The molecule has 1 rings (SSSR count). The highest BCUT2D eigenvalue weighted by molar-refractivity contribution is 5.65. The molecular formula is C16H22F6N2O2. The van der Waals surface area contributed by atoms with E-state index in [0.29, 0.717) is 25.8 Å². The van der Waals surface area contributed by atoms with Crippen LogP contribution in [-0.2, 0) is 6.42 Å². The van der Waals surface area contributed by atoms with Crippen LogP contribution in [0.15, 0.2) is 12.1 Å². The minimum absolute atomic E-state index is 0.124. The summed E-state index contributed by atoms with van der Waals surface area (Å²) >= 11 is 0. The first-order chi connectivity index (χ1) is 11.9. The molecule has 0 bridgehead atoms. The molecule has 4 nitrogen and oxygen atoms in total. The number of methoxy groups -OCH3 is 2. The van der Waals surface area contributed by atoms with Crippen molar-refractivity contribution in [2.24, 2.45) is 5.73 Å². The van der Waals surface area contributed by atoms with E-state index in [1.165, 1.54) is 20.3 Å². The number of alkyl halides is 6. The lowest BCUT2D eigenvalue weighted by Gasteiger charge is -2.39. The minimum atomic E-state index is -4.88. The van der Waals surface area contributed by atoms with E-state index >= 15 is 0 Å². The molecule has 150 valence electrons. The normalized spacial score (nSPS) is 14.7. The maximum Gasteiger partial charge on any atom is 0.408 e. The Balaban J connectivity index is 3.63. The fraction of sp³-hybridized carbons (Fsp3) is 0.625. The third-order valence-corrected chi connectivity index (χ3v) is 4.06. The summed E-state index contributed by atoms with van der Waals surface area (Å²) in [4.78, 5) is 0.244. The Labute approximate surface area is 147 Å². The molecule has 0 saturated carbocycles. The van der Waals surface area contributed by atoms with E-state index in [0.717, 1.165) is 6.07 Å². The van der Waals surface area contributed by atoms with Crippen LogP contribution in [0.4, 0.5) is 32.0 Å². The molecule has 0 aliphatic rings. The summed E-state index contributed by atoms with van der Waals surface area (Å²) in [6.45, 7) is 1.56. The Morgan fingerprint density at radius 2 is 1.38 bits per heavy atom. The predicted octanol–water partition coefficient (Wildman–Crippen LogP) is 3.91. The molecular weight excluding hydrogens is 366 g/mol. The van der Waals surface area contributed by atoms with Crippen LogP contribution in [0.1, 0.15) is 19.4 Å². The Hall–Kier alpha value is -1.84. The van der Waals surface area contributed by atoms with Crippen molar-refractivity contribution >= 4 is 5.69 Å². The van der Waals surface area contributed by atoms with E-state index in [9.17, 15) is 26.3 Å². The molecule has 10 heteroatoms. The number of nitrogens with two attached hydrogens (primary N) is 1. The van der Waals surface area contributed by atoms with Crippen molar-refractivity contribution < 1.29 is 35.8 Å². The van der Waals surface area contributed by atoms with Gasteiger partial charge in [0.2, 0.25) is 0 Å². The van der Waals surface area contributed by atoms with Crippen LogP contribution < -0.4 is 20.1 Å². The molecule has 0 aromatic heterocycles. The Kier molecular flexibility index (Phi) is 7.03. The molecule has 2 N–H and O–H groups in total. The van der Waals surface area contributed by atoms with Crippen molar-refractivity contribution in [2.75, 3.05) is 25.7 Å². The van der Waals surface area contributed by atoms with E-state index in [-0.39, 0.29) is 28.6 Å². The maximum absolute atomic E-state index is 13.3. The van der Waals surface area contributed by atoms with Gasteiger partial charge in [-0.05, 0) is 38.4 Å². The fourth-order valence-electron chi connectivity index (χ4n) is 2.57. The van der Waals surface area contributed by atoms with Gasteiger partial charge in [0.25, 0.3) is 0 Å². The number of anilines is 1. The first-order valence-corrected chi connectivity index (χ1v) is 7.75. The number of ether oxygens (including phenoxy) is 2. The molecule has 0 aliphatic heterocycles. The van der Waals surface area contributed by atoms with E-state index in [1.54, 1.807) is 0 Å². The Morgan fingerprint density at radius 3 is 1.73 bits per heavy atom. The van der Waals surface area contributed by atoms with Crippen molar-refractivity contribution in [1.29, 1.82) is 0 Å². The molecule has 1 aromatic carbocycles. The lowest BCUT2D eigenvalue weighted by molar-refractivity contribution is -0.169. The van der Waals surface area contributed by atoms with Crippen LogP contribution in [0.5, 0.6) is 11.5 Å². The smallest absolute Gasteiger partial charge is 0.408 e. The first-order valence-electron chi connectivity index (χ1n) is 7.75. The molecule has 0 amide bonds. The Bertz CT molecular complexity index is 584. The molecule has 0 radical (unpaired) electrons. The van der Waals surface area contributed by atoms with Gasteiger partial charge in [-0.15, -0.1) is 0 Å². The van der Waals surface area contributed by atoms with Gasteiger partial charge < -0.3 is 20.1 Å². The average molecular weight is 388 g/mol. The zero-order chi connectivity index (χ0) is 20.3. The quantitative estimate of drug-likeness (QED) is 0.720. The van der Waals surface area contributed by atoms with Crippen molar-refractivity contribution in [1.82, 2.24) is 0 Å². The van der Waals surface area contributed by atoms with Crippen molar-refractivity contribution in [3.63, 3.8) is 0 Å². The summed E-state index contributed by atoms with van der Waals surface area (Å²) in [5.74, 6) is 0.0152. The van der Waals surface area contributed by atoms with Crippen LogP contribution in [0, 0.1) is 0 Å². The molecule has 0 saturated heterocycles. The second-order valence-electron chi connectivity index (χ2n) is 5.72. The van der Waals surface area contributed by atoms with E-state index in [4.69, 9.17) is 15.2 Å². The van der Waals surface area contributed by atoms with Crippen LogP contribution in [0.25, 0.3) is 0 Å². The maximum atomic E-state index is 13.3. The third kappa shape index (κ3) is 4.87. The Morgan fingerprint density at radius 1 is 0.923 bits per heavy atom. The fourth-order valence-corrected chi connectivity index (χ4v) is 2.57. The van der Waals surface area contributed by atoms with Gasteiger partial charge in [0.1, 0.15) is 23.6 Å². The lowest BCUT2D eigenvalue weighted by atomic mass is 10.1. The highest BCUT2D eigenvalue weighted by Crippen LogP contribution is 2.42. The molecule has 2 unspecified atom stereocenters. The summed E-state index contributed by atoms with van der Waals surface area (Å²) in [6.07, 6.45) is -9.44. The van der Waals surface area contributed by atoms with Crippen molar-refractivity contribution in [2.45, 2.75) is 44.7 Å². The minimum Gasteiger partial charge on any atom is -0.496 e. The van der Waals surface area contributed by atoms with Crippen LogP contribution in [-0.4, -0.2) is 45.2 Å². The molecule has 1 aromatic rings. The van der Waals surface area contributed by atoms with Gasteiger partial charge in [-0.1, -0.05) is 0 Å². The molecule has 0 fully saturated rings. The van der Waals surface area contributed by atoms with Gasteiger partial charge >= 0.3 is 12.4 Å². The highest BCUT2D eigenvalue weighted by atomic mass is 19.4. The molecule has 26 heavy (non-hydrogen) atoms. The van der Waals surface area contributed by atoms with Crippen molar-refractivity contribution in [3.8, 4) is 11.5 Å². The van der Waals surface area contributed by atoms with E-state index < -0.39 is 24.4 Å². The van der Waals surface area contributed by atoms with Crippen molar-refractivity contribution in [3.05, 3.63) is 17.7 Å². The number of hydrogen-bond acceptors (Lipinski definition) is 4. The summed E-state index contributed by atoms with van der Waals surface area (Å²) in [7, 11) is 2.45. The SMILES string of the molecule is COc1cc(N(C(C)C(F)(F)F)C(C)C(F)(F)F)c(OC)cc1CCN. The second kappa shape index (κ2) is 8.24. The lowest BCUT2D eigenvalue weighted by Crippen LogP contribution is -2.53. The second-order valence-corrected chi connectivity index (χ2v) is 5.72. The molecule has 0 spiro atoms. The largest absolute Gasteiger partial charge is 0.496 e. The van der Waals surface area contributed by atoms with E-state index in [1.807, 2.05) is 0 Å². The zero-order valence-corrected chi connectivity index (χ0v) is 14.8. The molecule has 0 heterocycles. The summed E-state index contributed by atoms with van der Waals surface area (Å²) in [5.41, 5.74) is 5.64. The van der Waals surface area contributed by atoms with Gasteiger partial charge in [-0.2, -0.15) is 26.3 Å². The summed E-state index contributed by atoms with van der Waals surface area (Å²) < 4.78 is 89.7. The number of halogens is 6. The summed E-state index contributed by atoms with van der Waals surface area (Å²) in [6, 6.07) is -2.34. The highest BCUT2D eigenvalue weighted by Gasteiger charge is 2.49. The number of nitrogens with zero attached hydrogens (tertiary/aromatic N) is 1. The van der Waals surface area contributed by atoms with E-state index in [2.05, 4.69) is 0 Å². The zero-order valence-electron chi connectivity index (χ0n) is 14.8. The molecule has 0 aliphatic carbocycles. The summed E-state index contributed by atoms with van der Waals surface area (Å²) in [5, 5.41) is 0. The first kappa shape index (κ1) is 22.2. The van der Waals surface area contributed by atoms with Gasteiger partial charge in [0, 0.05) is 6.07 Å². The van der Waals surface area contributed by atoms with Gasteiger partial charge in [-0.3, -0.25) is 0 Å². The predicted molar refractivity (Wildman–Crippen MR) is 85.8 cm³/mol. The van der Waals surface area contributed by atoms with Crippen LogP contribution in [0.3, 0.4) is 0 Å². The standard InChI is InChI=1S/C16H22F6N2O2/c1-9(15(17,18)19)24(10(2)16(20,21)22)12-8-13(25-3)11(5-6-23)7-14(12)26-4/h7-10H,5-6,23H2,1-4H3. The van der Waals surface area contributed by atoms with Gasteiger partial charge in [-0.25, -0.2) is 0 Å².